The first-order valence-corrected chi connectivity index (χ1v) is 6.65. The van der Waals surface area contributed by atoms with E-state index in [9.17, 15) is 8.78 Å². The van der Waals surface area contributed by atoms with Crippen molar-refractivity contribution in [3.05, 3.63) is 11.7 Å². The third-order valence-electron chi connectivity index (χ3n) is 3.52. The summed E-state index contributed by atoms with van der Waals surface area (Å²) >= 11 is 0. The summed E-state index contributed by atoms with van der Waals surface area (Å²) in [7, 11) is 4.00. The van der Waals surface area contributed by atoms with Gasteiger partial charge in [-0.2, -0.15) is 4.98 Å². The van der Waals surface area contributed by atoms with Crippen LogP contribution in [0, 0.1) is 0 Å². The van der Waals surface area contributed by atoms with Gasteiger partial charge in [-0.3, -0.25) is 4.90 Å². The average Bonchev–Trinajstić information content (AvgIpc) is 2.76. The van der Waals surface area contributed by atoms with Crippen molar-refractivity contribution in [1.82, 2.24) is 19.9 Å². The van der Waals surface area contributed by atoms with E-state index in [1.165, 1.54) is 0 Å². The van der Waals surface area contributed by atoms with Gasteiger partial charge in [0.25, 0.3) is 6.43 Å². The lowest BCUT2D eigenvalue weighted by atomic mass is 10.2. The summed E-state index contributed by atoms with van der Waals surface area (Å²) in [6, 6.07) is -0.0244. The molecule has 0 radical (unpaired) electrons. The smallest absolute Gasteiger partial charge is 0.264 e. The van der Waals surface area contributed by atoms with Crippen LogP contribution in [0.4, 0.5) is 8.78 Å². The molecule has 1 aliphatic rings. The molecule has 0 aromatic carbocycles. The van der Waals surface area contributed by atoms with Crippen molar-refractivity contribution >= 4 is 0 Å². The number of rotatable bonds is 4. The van der Waals surface area contributed by atoms with Gasteiger partial charge in [0.05, 0.1) is 12.5 Å². The fourth-order valence-corrected chi connectivity index (χ4v) is 2.30. The molecule has 1 aliphatic heterocycles. The maximum absolute atomic E-state index is 12.3. The van der Waals surface area contributed by atoms with Crippen LogP contribution >= 0.6 is 0 Å². The van der Waals surface area contributed by atoms with Crippen LogP contribution in [-0.4, -0.2) is 71.3 Å². The molecule has 20 heavy (non-hydrogen) atoms. The van der Waals surface area contributed by atoms with Gasteiger partial charge in [0.2, 0.25) is 5.89 Å². The van der Waals surface area contributed by atoms with E-state index in [2.05, 4.69) is 19.9 Å². The number of hydrogen-bond donors (Lipinski definition) is 1. The van der Waals surface area contributed by atoms with Gasteiger partial charge >= 0.3 is 0 Å². The van der Waals surface area contributed by atoms with Gasteiger partial charge < -0.3 is 14.5 Å². The summed E-state index contributed by atoms with van der Waals surface area (Å²) in [5.41, 5.74) is 0. The summed E-state index contributed by atoms with van der Waals surface area (Å²) < 4.78 is 29.5. The second-order valence-corrected chi connectivity index (χ2v) is 5.26. The molecule has 0 spiro atoms. The minimum atomic E-state index is -2.81. The van der Waals surface area contributed by atoms with Gasteiger partial charge in [-0.15, -0.1) is 0 Å². The first-order valence-electron chi connectivity index (χ1n) is 6.65. The van der Waals surface area contributed by atoms with Gasteiger partial charge in [-0.25, -0.2) is 8.78 Å². The topological polar surface area (TPSA) is 65.6 Å². The standard InChI is InChI=1S/C12H20F2N4O2/c1-17-4-3-5-18(2)8(7-17)12-15-10(20-16-12)6-9(19)11(13)14/h8-9,11,19H,3-7H2,1-2H3. The Morgan fingerprint density at radius 1 is 1.40 bits per heavy atom. The zero-order chi connectivity index (χ0) is 14.7. The van der Waals surface area contributed by atoms with Crippen molar-refractivity contribution in [2.45, 2.75) is 31.4 Å². The number of halogens is 2. The first kappa shape index (κ1) is 15.3. The minimum Gasteiger partial charge on any atom is -0.387 e. The normalized spacial score (nSPS) is 24.0. The number of hydrogen-bond acceptors (Lipinski definition) is 6. The predicted molar refractivity (Wildman–Crippen MR) is 67.5 cm³/mol. The number of likely N-dealkylation sites (N-methyl/N-ethyl adjacent to an activating group) is 2. The Morgan fingerprint density at radius 3 is 2.85 bits per heavy atom. The Kier molecular flexibility index (Phi) is 5.00. The molecular formula is C12H20F2N4O2. The molecule has 2 atom stereocenters. The number of aliphatic hydroxyl groups is 1. The van der Waals surface area contributed by atoms with Crippen LogP contribution in [0.15, 0.2) is 4.52 Å². The molecule has 1 aromatic rings. The lowest BCUT2D eigenvalue weighted by Crippen LogP contribution is -2.31. The van der Waals surface area contributed by atoms with Gasteiger partial charge in [0, 0.05) is 6.54 Å². The fraction of sp³-hybridized carbons (Fsp3) is 0.833. The van der Waals surface area contributed by atoms with E-state index in [-0.39, 0.29) is 18.4 Å². The Balaban J connectivity index is 2.06. The lowest BCUT2D eigenvalue weighted by molar-refractivity contribution is -0.00754. The summed E-state index contributed by atoms with van der Waals surface area (Å²) in [4.78, 5) is 8.45. The van der Waals surface area contributed by atoms with Crippen LogP contribution in [0.25, 0.3) is 0 Å². The Hall–Kier alpha value is -1.12. The Bertz CT molecular complexity index is 429. The van der Waals surface area contributed by atoms with Crippen molar-refractivity contribution in [3.63, 3.8) is 0 Å². The predicted octanol–water partition coefficient (Wildman–Crippen LogP) is 0.546. The second kappa shape index (κ2) is 6.55. The van der Waals surface area contributed by atoms with Crippen LogP contribution in [0.2, 0.25) is 0 Å². The molecule has 8 heteroatoms. The number of nitrogens with zero attached hydrogens (tertiary/aromatic N) is 4. The molecule has 1 fully saturated rings. The van der Waals surface area contributed by atoms with Crippen molar-refractivity contribution in [1.29, 1.82) is 0 Å². The van der Waals surface area contributed by atoms with Crippen molar-refractivity contribution in [2.75, 3.05) is 33.7 Å². The number of alkyl halides is 2. The highest BCUT2D eigenvalue weighted by Gasteiger charge is 2.27. The molecule has 1 saturated heterocycles. The molecule has 2 heterocycles. The lowest BCUT2D eigenvalue weighted by Gasteiger charge is -2.24. The van der Waals surface area contributed by atoms with Crippen LogP contribution in [0.5, 0.6) is 0 Å². The van der Waals surface area contributed by atoms with Gasteiger partial charge in [-0.05, 0) is 33.6 Å². The summed E-state index contributed by atoms with van der Waals surface area (Å²) in [5, 5.41) is 13.0. The zero-order valence-electron chi connectivity index (χ0n) is 11.7. The molecule has 114 valence electrons. The highest BCUT2D eigenvalue weighted by Crippen LogP contribution is 2.21. The third kappa shape index (κ3) is 3.71. The van der Waals surface area contributed by atoms with Crippen LogP contribution in [0.1, 0.15) is 24.2 Å². The minimum absolute atomic E-state index is 0.0244. The van der Waals surface area contributed by atoms with E-state index in [4.69, 9.17) is 9.63 Å². The maximum atomic E-state index is 12.3. The fourth-order valence-electron chi connectivity index (χ4n) is 2.30. The van der Waals surface area contributed by atoms with E-state index in [1.807, 2.05) is 14.1 Å². The molecule has 0 amide bonds. The molecule has 1 N–H and O–H groups in total. The molecule has 0 saturated carbocycles. The Morgan fingerprint density at radius 2 is 2.15 bits per heavy atom. The first-order chi connectivity index (χ1) is 9.47. The van der Waals surface area contributed by atoms with Gasteiger partial charge in [0.15, 0.2) is 5.82 Å². The zero-order valence-corrected chi connectivity index (χ0v) is 11.7. The Labute approximate surface area is 116 Å². The van der Waals surface area contributed by atoms with Crippen molar-refractivity contribution in [3.8, 4) is 0 Å². The molecule has 6 nitrogen and oxygen atoms in total. The molecule has 1 aromatic heterocycles. The van der Waals surface area contributed by atoms with Gasteiger partial charge in [-0.1, -0.05) is 5.16 Å². The summed E-state index contributed by atoms with van der Waals surface area (Å²) in [6.45, 7) is 2.67. The summed E-state index contributed by atoms with van der Waals surface area (Å²) in [6.07, 6.45) is -3.84. The highest BCUT2D eigenvalue weighted by atomic mass is 19.3. The highest BCUT2D eigenvalue weighted by molar-refractivity contribution is 4.98. The average molecular weight is 290 g/mol. The maximum Gasteiger partial charge on any atom is 0.264 e. The molecule has 0 aliphatic carbocycles. The van der Waals surface area contributed by atoms with Crippen LogP contribution in [-0.2, 0) is 6.42 Å². The molecule has 2 rings (SSSR count). The van der Waals surface area contributed by atoms with E-state index >= 15 is 0 Å². The van der Waals surface area contributed by atoms with Crippen molar-refractivity contribution in [2.24, 2.45) is 0 Å². The SMILES string of the molecule is CN1CCCN(C)C(c2noc(CC(O)C(F)F)n2)C1. The summed E-state index contributed by atoms with van der Waals surface area (Å²) in [5.74, 6) is 0.533. The quantitative estimate of drug-likeness (QED) is 0.873. The number of aromatic nitrogens is 2. The molecule has 2 unspecified atom stereocenters. The number of aliphatic hydroxyl groups excluding tert-OH is 1. The monoisotopic (exact) mass is 290 g/mol. The van der Waals surface area contributed by atoms with Crippen LogP contribution < -0.4 is 0 Å². The second-order valence-electron chi connectivity index (χ2n) is 5.26. The van der Waals surface area contributed by atoms with Crippen LogP contribution in [0.3, 0.4) is 0 Å². The van der Waals surface area contributed by atoms with Gasteiger partial charge in [0.1, 0.15) is 6.10 Å². The molecular weight excluding hydrogens is 270 g/mol. The third-order valence-corrected chi connectivity index (χ3v) is 3.52. The van der Waals surface area contributed by atoms with E-state index in [0.29, 0.717) is 5.82 Å². The van der Waals surface area contributed by atoms with E-state index in [1.54, 1.807) is 0 Å². The molecule has 0 bridgehead atoms. The van der Waals surface area contributed by atoms with E-state index in [0.717, 1.165) is 26.1 Å². The largest absolute Gasteiger partial charge is 0.387 e. The van der Waals surface area contributed by atoms with Crippen molar-refractivity contribution < 1.29 is 18.4 Å². The van der Waals surface area contributed by atoms with E-state index < -0.39 is 12.5 Å².